The summed E-state index contributed by atoms with van der Waals surface area (Å²) in [6.07, 6.45) is 8.49. The molecule has 1 aliphatic heterocycles. The predicted octanol–water partition coefficient (Wildman–Crippen LogP) is 2.08. The van der Waals surface area contributed by atoms with E-state index in [1.54, 1.807) is 0 Å². The second-order valence-corrected chi connectivity index (χ2v) is 5.91. The van der Waals surface area contributed by atoms with Gasteiger partial charge in [0.2, 0.25) is 5.91 Å². The molecule has 0 aromatic carbocycles. The molecule has 0 bridgehead atoms. The number of amides is 1. The smallest absolute Gasteiger partial charge is 0.220 e. The summed E-state index contributed by atoms with van der Waals surface area (Å²) in [5, 5.41) is 5.99. The number of anilines is 1. The fourth-order valence-electron chi connectivity index (χ4n) is 2.72. The van der Waals surface area contributed by atoms with E-state index in [-0.39, 0.29) is 5.91 Å². The SMILES string of the molecule is CNCCCC(=O)NCc1ccc(N2CCCCCC2)nc1. The zero-order valence-corrected chi connectivity index (χ0v) is 13.6. The first-order chi connectivity index (χ1) is 10.8. The highest BCUT2D eigenvalue weighted by atomic mass is 16.1. The Morgan fingerprint density at radius 3 is 2.64 bits per heavy atom. The van der Waals surface area contributed by atoms with Crippen LogP contribution in [-0.2, 0) is 11.3 Å². The van der Waals surface area contributed by atoms with Crippen LogP contribution in [0.3, 0.4) is 0 Å². The summed E-state index contributed by atoms with van der Waals surface area (Å²) in [5.41, 5.74) is 1.06. The van der Waals surface area contributed by atoms with E-state index < -0.39 is 0 Å². The van der Waals surface area contributed by atoms with Crippen LogP contribution in [0.4, 0.5) is 5.82 Å². The Morgan fingerprint density at radius 2 is 2.00 bits per heavy atom. The second-order valence-electron chi connectivity index (χ2n) is 5.91. The lowest BCUT2D eigenvalue weighted by atomic mass is 10.2. The fourth-order valence-corrected chi connectivity index (χ4v) is 2.72. The average Bonchev–Trinajstić information content (AvgIpc) is 2.83. The maximum atomic E-state index is 11.7. The minimum absolute atomic E-state index is 0.104. The molecule has 0 unspecified atom stereocenters. The minimum Gasteiger partial charge on any atom is -0.357 e. The maximum Gasteiger partial charge on any atom is 0.220 e. The monoisotopic (exact) mass is 304 g/mol. The van der Waals surface area contributed by atoms with Crippen molar-refractivity contribution in [3.05, 3.63) is 23.9 Å². The van der Waals surface area contributed by atoms with Gasteiger partial charge in [0.1, 0.15) is 5.82 Å². The average molecular weight is 304 g/mol. The number of rotatable bonds is 7. The van der Waals surface area contributed by atoms with Gasteiger partial charge in [-0.2, -0.15) is 0 Å². The molecule has 5 nitrogen and oxygen atoms in total. The molecular weight excluding hydrogens is 276 g/mol. The Hall–Kier alpha value is -1.62. The van der Waals surface area contributed by atoms with Crippen molar-refractivity contribution in [1.29, 1.82) is 0 Å². The minimum atomic E-state index is 0.104. The van der Waals surface area contributed by atoms with E-state index in [0.29, 0.717) is 13.0 Å². The topological polar surface area (TPSA) is 57.3 Å². The van der Waals surface area contributed by atoms with Crippen LogP contribution in [0.1, 0.15) is 44.1 Å². The van der Waals surface area contributed by atoms with Crippen LogP contribution in [0, 0.1) is 0 Å². The number of aromatic nitrogens is 1. The number of pyridine rings is 1. The maximum absolute atomic E-state index is 11.7. The van der Waals surface area contributed by atoms with Crippen molar-refractivity contribution in [1.82, 2.24) is 15.6 Å². The molecular formula is C17H28N4O. The van der Waals surface area contributed by atoms with E-state index in [2.05, 4.69) is 32.7 Å². The summed E-state index contributed by atoms with van der Waals surface area (Å²) in [6, 6.07) is 4.15. The lowest BCUT2D eigenvalue weighted by Crippen LogP contribution is -2.25. The molecule has 0 atom stereocenters. The first kappa shape index (κ1) is 16.7. The van der Waals surface area contributed by atoms with E-state index in [4.69, 9.17) is 0 Å². The van der Waals surface area contributed by atoms with Crippen molar-refractivity contribution in [3.8, 4) is 0 Å². The lowest BCUT2D eigenvalue weighted by molar-refractivity contribution is -0.121. The molecule has 1 fully saturated rings. The molecule has 1 amide bonds. The van der Waals surface area contributed by atoms with E-state index in [9.17, 15) is 4.79 Å². The van der Waals surface area contributed by atoms with Crippen molar-refractivity contribution >= 4 is 11.7 Å². The summed E-state index contributed by atoms with van der Waals surface area (Å²) in [6.45, 7) is 3.65. The summed E-state index contributed by atoms with van der Waals surface area (Å²) in [5.74, 6) is 1.16. The van der Waals surface area contributed by atoms with Crippen molar-refractivity contribution in [2.45, 2.75) is 45.1 Å². The van der Waals surface area contributed by atoms with Gasteiger partial charge in [-0.1, -0.05) is 18.9 Å². The Labute approximate surface area is 133 Å². The summed E-state index contributed by atoms with van der Waals surface area (Å²) in [7, 11) is 1.90. The number of hydrogen-bond acceptors (Lipinski definition) is 4. The number of nitrogens with zero attached hydrogens (tertiary/aromatic N) is 2. The van der Waals surface area contributed by atoms with E-state index in [0.717, 1.165) is 37.4 Å². The molecule has 2 N–H and O–H groups in total. The van der Waals surface area contributed by atoms with Crippen LogP contribution < -0.4 is 15.5 Å². The fraction of sp³-hybridized carbons (Fsp3) is 0.647. The lowest BCUT2D eigenvalue weighted by Gasteiger charge is -2.21. The van der Waals surface area contributed by atoms with Crippen LogP contribution >= 0.6 is 0 Å². The number of hydrogen-bond donors (Lipinski definition) is 2. The molecule has 0 spiro atoms. The van der Waals surface area contributed by atoms with Gasteiger partial charge in [0.05, 0.1) is 0 Å². The van der Waals surface area contributed by atoms with E-state index >= 15 is 0 Å². The van der Waals surface area contributed by atoms with Crippen LogP contribution in [-0.4, -0.2) is 37.6 Å². The quantitative estimate of drug-likeness (QED) is 0.757. The summed E-state index contributed by atoms with van der Waals surface area (Å²) in [4.78, 5) is 18.6. The Morgan fingerprint density at radius 1 is 1.23 bits per heavy atom. The number of nitrogens with one attached hydrogen (secondary N) is 2. The highest BCUT2D eigenvalue weighted by molar-refractivity contribution is 5.75. The van der Waals surface area contributed by atoms with Crippen LogP contribution in [0.5, 0.6) is 0 Å². The molecule has 0 saturated carbocycles. The third-order valence-corrected chi connectivity index (χ3v) is 4.06. The second kappa shape index (κ2) is 9.41. The van der Waals surface area contributed by atoms with E-state index in [1.165, 1.54) is 25.7 Å². The van der Waals surface area contributed by atoms with Gasteiger partial charge in [-0.3, -0.25) is 4.79 Å². The Kier molecular flexibility index (Phi) is 7.16. The zero-order chi connectivity index (χ0) is 15.6. The van der Waals surface area contributed by atoms with Crippen LogP contribution in [0.15, 0.2) is 18.3 Å². The summed E-state index contributed by atoms with van der Waals surface area (Å²) >= 11 is 0. The number of carbonyl (C=O) groups excluding carboxylic acids is 1. The van der Waals surface area contributed by atoms with Gasteiger partial charge < -0.3 is 15.5 Å². The van der Waals surface area contributed by atoms with Gasteiger partial charge >= 0.3 is 0 Å². The first-order valence-electron chi connectivity index (χ1n) is 8.41. The van der Waals surface area contributed by atoms with Crippen LogP contribution in [0.25, 0.3) is 0 Å². The molecule has 1 saturated heterocycles. The van der Waals surface area contributed by atoms with Crippen molar-refractivity contribution < 1.29 is 4.79 Å². The Bertz CT molecular complexity index is 438. The summed E-state index contributed by atoms with van der Waals surface area (Å²) < 4.78 is 0. The predicted molar refractivity (Wildman–Crippen MR) is 89.9 cm³/mol. The van der Waals surface area contributed by atoms with Gasteiger partial charge in [-0.05, 0) is 44.5 Å². The molecule has 22 heavy (non-hydrogen) atoms. The molecule has 0 aliphatic carbocycles. The zero-order valence-electron chi connectivity index (χ0n) is 13.6. The molecule has 122 valence electrons. The van der Waals surface area contributed by atoms with Gasteiger partial charge in [-0.25, -0.2) is 4.98 Å². The third-order valence-electron chi connectivity index (χ3n) is 4.06. The first-order valence-corrected chi connectivity index (χ1v) is 8.41. The largest absolute Gasteiger partial charge is 0.357 e. The van der Waals surface area contributed by atoms with Crippen LogP contribution in [0.2, 0.25) is 0 Å². The van der Waals surface area contributed by atoms with Gasteiger partial charge in [0.25, 0.3) is 0 Å². The highest BCUT2D eigenvalue weighted by Crippen LogP contribution is 2.17. The van der Waals surface area contributed by atoms with Gasteiger partial charge in [0, 0.05) is 32.3 Å². The third kappa shape index (κ3) is 5.64. The van der Waals surface area contributed by atoms with Gasteiger partial charge in [-0.15, -0.1) is 0 Å². The highest BCUT2D eigenvalue weighted by Gasteiger charge is 2.10. The molecule has 2 heterocycles. The Balaban J connectivity index is 1.77. The van der Waals surface area contributed by atoms with Crippen molar-refractivity contribution in [3.63, 3.8) is 0 Å². The molecule has 5 heteroatoms. The molecule has 1 aromatic rings. The van der Waals surface area contributed by atoms with Gasteiger partial charge in [0.15, 0.2) is 0 Å². The normalized spacial score (nSPS) is 15.4. The molecule has 1 aliphatic rings. The molecule has 0 radical (unpaired) electrons. The van der Waals surface area contributed by atoms with Crippen molar-refractivity contribution in [2.75, 3.05) is 31.6 Å². The van der Waals surface area contributed by atoms with E-state index in [1.807, 2.05) is 13.2 Å². The molecule has 1 aromatic heterocycles. The van der Waals surface area contributed by atoms with Crippen molar-refractivity contribution in [2.24, 2.45) is 0 Å². The molecule has 2 rings (SSSR count). The number of carbonyl (C=O) groups is 1. The standard InChI is InChI=1S/C17H28N4O/c1-18-10-6-7-17(22)20-14-15-8-9-16(19-13-15)21-11-4-2-3-5-12-21/h8-9,13,18H,2-7,10-12,14H2,1H3,(H,20,22).